The van der Waals surface area contributed by atoms with Gasteiger partial charge in [-0.15, -0.1) is 0 Å². The molecule has 3 amide bonds. The lowest BCUT2D eigenvalue weighted by Crippen LogP contribution is -2.56. The highest BCUT2D eigenvalue weighted by molar-refractivity contribution is 5.98. The number of aromatic nitrogens is 2. The topological polar surface area (TPSA) is 158 Å². The van der Waals surface area contributed by atoms with Crippen LogP contribution < -0.4 is 16.4 Å². The second-order valence-electron chi connectivity index (χ2n) is 11.4. The van der Waals surface area contributed by atoms with E-state index < -0.39 is 41.4 Å². The van der Waals surface area contributed by atoms with Crippen LogP contribution in [0.4, 0.5) is 5.82 Å². The van der Waals surface area contributed by atoms with E-state index in [1.807, 2.05) is 60.7 Å². The van der Waals surface area contributed by atoms with Crippen molar-refractivity contribution in [1.82, 2.24) is 19.8 Å². The average Bonchev–Trinajstić information content (AvgIpc) is 3.69. The molecule has 0 spiro atoms. The standard InChI is InChI=1S/C32H40N6O6/c1-32(2,33)31(42)35-24(20-44-19-23-13-8-5-9-14-23)28(39)36-27-18-37(21-34-27)26(17-22-11-6-4-7-12-22)29(40)38-16-10-15-25(38)30(41)43-3/h4-9,11-14,18,21,24-26H,10,15-17,19-20,33H2,1-3H3,(H,35,42)(H,36,39)/t24-,25+,26?/m1/s1. The summed E-state index contributed by atoms with van der Waals surface area (Å²) in [4.78, 5) is 58.2. The minimum atomic E-state index is -1.22. The molecule has 12 nitrogen and oxygen atoms in total. The molecule has 0 aliphatic carbocycles. The Labute approximate surface area is 256 Å². The van der Waals surface area contributed by atoms with Crippen LogP contribution in [0.15, 0.2) is 73.2 Å². The smallest absolute Gasteiger partial charge is 0.328 e. The lowest BCUT2D eigenvalue weighted by molar-refractivity contribution is -0.152. The predicted molar refractivity (Wildman–Crippen MR) is 163 cm³/mol. The van der Waals surface area contributed by atoms with Crippen LogP contribution in [0.25, 0.3) is 0 Å². The van der Waals surface area contributed by atoms with Gasteiger partial charge in [-0.2, -0.15) is 0 Å². The van der Waals surface area contributed by atoms with Gasteiger partial charge in [0.15, 0.2) is 5.82 Å². The molecule has 1 unspecified atom stereocenters. The molecule has 2 aromatic carbocycles. The van der Waals surface area contributed by atoms with Crippen molar-refractivity contribution in [3.05, 3.63) is 84.3 Å². The molecule has 4 N–H and O–H groups in total. The number of nitrogens with zero attached hydrogens (tertiary/aromatic N) is 3. The maximum absolute atomic E-state index is 13.9. The van der Waals surface area contributed by atoms with Crippen LogP contribution in [-0.4, -0.2) is 76.0 Å². The van der Waals surface area contributed by atoms with Gasteiger partial charge in [-0.05, 0) is 37.8 Å². The Balaban J connectivity index is 1.51. The maximum atomic E-state index is 13.9. The Bertz CT molecular complexity index is 1420. The first-order valence-corrected chi connectivity index (χ1v) is 14.5. The summed E-state index contributed by atoms with van der Waals surface area (Å²) in [5, 5.41) is 5.39. The zero-order valence-electron chi connectivity index (χ0n) is 25.3. The van der Waals surface area contributed by atoms with Crippen LogP contribution >= 0.6 is 0 Å². The molecule has 44 heavy (non-hydrogen) atoms. The van der Waals surface area contributed by atoms with Crippen molar-refractivity contribution in [2.75, 3.05) is 25.6 Å². The SMILES string of the molecule is COC(=O)[C@@H]1CCCN1C(=O)C(Cc1ccccc1)n1cnc(NC(=O)[C@@H](COCc2ccccc2)NC(=O)C(C)(C)N)c1. The summed E-state index contributed by atoms with van der Waals surface area (Å²) in [5.41, 5.74) is 6.56. The Morgan fingerprint density at radius 1 is 1.05 bits per heavy atom. The van der Waals surface area contributed by atoms with Gasteiger partial charge in [0, 0.05) is 19.2 Å². The number of hydrogen-bond acceptors (Lipinski definition) is 8. The summed E-state index contributed by atoms with van der Waals surface area (Å²) in [5.74, 6) is -1.60. The van der Waals surface area contributed by atoms with E-state index in [0.717, 1.165) is 11.1 Å². The van der Waals surface area contributed by atoms with Gasteiger partial charge in [0.1, 0.15) is 18.1 Å². The molecule has 0 bridgehead atoms. The zero-order chi connectivity index (χ0) is 31.7. The molecule has 0 saturated carbocycles. The molecule has 1 aliphatic rings. The highest BCUT2D eigenvalue weighted by atomic mass is 16.5. The van der Waals surface area contributed by atoms with Crippen molar-refractivity contribution in [2.24, 2.45) is 5.73 Å². The van der Waals surface area contributed by atoms with E-state index in [1.165, 1.54) is 13.4 Å². The molecule has 3 aromatic rings. The molecule has 234 valence electrons. The average molecular weight is 605 g/mol. The fourth-order valence-corrected chi connectivity index (χ4v) is 4.94. The van der Waals surface area contributed by atoms with Gasteiger partial charge in [-0.25, -0.2) is 9.78 Å². The molecule has 1 aliphatic heterocycles. The molecule has 2 heterocycles. The number of methoxy groups -OCH3 is 1. The molecule has 4 rings (SSSR count). The van der Waals surface area contributed by atoms with E-state index in [-0.39, 0.29) is 24.9 Å². The quantitative estimate of drug-likeness (QED) is 0.251. The number of esters is 1. The highest BCUT2D eigenvalue weighted by Gasteiger charge is 2.38. The van der Waals surface area contributed by atoms with Crippen molar-refractivity contribution in [1.29, 1.82) is 0 Å². The maximum Gasteiger partial charge on any atom is 0.328 e. The molecule has 1 fully saturated rings. The Hall–Kier alpha value is -4.55. The van der Waals surface area contributed by atoms with E-state index in [4.69, 9.17) is 15.2 Å². The van der Waals surface area contributed by atoms with Gasteiger partial charge in [0.05, 0.1) is 32.2 Å². The van der Waals surface area contributed by atoms with Crippen molar-refractivity contribution in [2.45, 2.75) is 63.4 Å². The summed E-state index contributed by atoms with van der Waals surface area (Å²) in [6, 6.07) is 16.5. The second kappa shape index (κ2) is 14.8. The Morgan fingerprint density at radius 3 is 2.34 bits per heavy atom. The Kier molecular flexibility index (Phi) is 10.9. The minimum Gasteiger partial charge on any atom is -0.467 e. The van der Waals surface area contributed by atoms with E-state index in [0.29, 0.717) is 25.8 Å². The summed E-state index contributed by atoms with van der Waals surface area (Å²) in [6.07, 6.45) is 4.58. The van der Waals surface area contributed by atoms with Crippen molar-refractivity contribution >= 4 is 29.5 Å². The first-order chi connectivity index (χ1) is 21.1. The fourth-order valence-electron chi connectivity index (χ4n) is 4.94. The number of benzene rings is 2. The number of nitrogens with two attached hydrogens (primary N) is 1. The predicted octanol–water partition coefficient (Wildman–Crippen LogP) is 2.21. The number of ether oxygens (including phenoxy) is 2. The lowest BCUT2D eigenvalue weighted by atomic mass is 10.0. The van der Waals surface area contributed by atoms with Gasteiger partial charge < -0.3 is 35.3 Å². The lowest BCUT2D eigenvalue weighted by Gasteiger charge is -2.28. The van der Waals surface area contributed by atoms with Crippen LogP contribution in [0.1, 0.15) is 43.9 Å². The third-order valence-corrected chi connectivity index (χ3v) is 7.38. The van der Waals surface area contributed by atoms with Crippen molar-refractivity contribution < 1.29 is 28.7 Å². The van der Waals surface area contributed by atoms with Gasteiger partial charge >= 0.3 is 5.97 Å². The summed E-state index contributed by atoms with van der Waals surface area (Å²) in [7, 11) is 1.31. The van der Waals surface area contributed by atoms with Gasteiger partial charge in [0.2, 0.25) is 11.8 Å². The second-order valence-corrected chi connectivity index (χ2v) is 11.4. The van der Waals surface area contributed by atoms with E-state index >= 15 is 0 Å². The number of hydrogen-bond donors (Lipinski definition) is 3. The number of anilines is 1. The normalized spacial score (nSPS) is 16.2. The molecule has 0 radical (unpaired) electrons. The molecular weight excluding hydrogens is 564 g/mol. The van der Waals surface area contributed by atoms with Gasteiger partial charge in [-0.1, -0.05) is 60.7 Å². The molecule has 1 saturated heterocycles. The molecule has 12 heteroatoms. The molecular formula is C32H40N6O6. The van der Waals surface area contributed by atoms with Crippen LogP contribution in [-0.2, 0) is 41.7 Å². The number of carbonyl (C=O) groups excluding carboxylic acids is 4. The number of carbonyl (C=O) groups is 4. The monoisotopic (exact) mass is 604 g/mol. The number of imidazole rings is 1. The Morgan fingerprint density at radius 2 is 1.70 bits per heavy atom. The first-order valence-electron chi connectivity index (χ1n) is 14.5. The number of rotatable bonds is 13. The fraction of sp³-hybridized carbons (Fsp3) is 0.406. The summed E-state index contributed by atoms with van der Waals surface area (Å²) in [6.45, 7) is 3.65. The summed E-state index contributed by atoms with van der Waals surface area (Å²) >= 11 is 0. The van der Waals surface area contributed by atoms with Crippen molar-refractivity contribution in [3.8, 4) is 0 Å². The van der Waals surface area contributed by atoms with Gasteiger partial charge in [0.25, 0.3) is 5.91 Å². The largest absolute Gasteiger partial charge is 0.467 e. The van der Waals surface area contributed by atoms with E-state index in [9.17, 15) is 19.2 Å². The van der Waals surface area contributed by atoms with E-state index in [1.54, 1.807) is 29.5 Å². The van der Waals surface area contributed by atoms with Crippen LogP contribution in [0.2, 0.25) is 0 Å². The minimum absolute atomic E-state index is 0.109. The van der Waals surface area contributed by atoms with Gasteiger partial charge in [-0.3, -0.25) is 14.4 Å². The number of likely N-dealkylation sites (tertiary alicyclic amines) is 1. The first kappa shape index (κ1) is 32.4. The third kappa shape index (κ3) is 8.51. The van der Waals surface area contributed by atoms with Crippen molar-refractivity contribution in [3.63, 3.8) is 0 Å². The summed E-state index contributed by atoms with van der Waals surface area (Å²) < 4.78 is 12.3. The number of nitrogens with one attached hydrogen (secondary N) is 2. The number of amides is 3. The molecule has 1 aromatic heterocycles. The third-order valence-electron chi connectivity index (χ3n) is 7.38. The van der Waals surface area contributed by atoms with Crippen LogP contribution in [0.5, 0.6) is 0 Å². The zero-order valence-corrected chi connectivity index (χ0v) is 25.3. The van der Waals surface area contributed by atoms with Crippen LogP contribution in [0, 0.1) is 0 Å². The molecule has 3 atom stereocenters. The van der Waals surface area contributed by atoms with Crippen LogP contribution in [0.3, 0.4) is 0 Å². The highest BCUT2D eigenvalue weighted by Crippen LogP contribution is 2.26. The van der Waals surface area contributed by atoms with E-state index in [2.05, 4.69) is 15.6 Å².